The molecular formula is C14H21FN2O2S. The molecular weight excluding hydrogens is 279 g/mol. The largest absolute Gasteiger partial charge is 0.328 e. The minimum Gasteiger partial charge on any atom is -0.328 e. The smallest absolute Gasteiger partial charge is 0.243 e. The first-order valence-corrected chi connectivity index (χ1v) is 8.42. The summed E-state index contributed by atoms with van der Waals surface area (Å²) in [5.74, 6) is -0.435. The third-order valence-electron chi connectivity index (χ3n) is 3.88. The van der Waals surface area contributed by atoms with Crippen LogP contribution in [0.15, 0.2) is 29.2 Å². The minimum atomic E-state index is -3.56. The molecule has 0 unspecified atom stereocenters. The van der Waals surface area contributed by atoms with E-state index in [2.05, 4.69) is 0 Å². The highest BCUT2D eigenvalue weighted by Gasteiger charge is 2.32. The highest BCUT2D eigenvalue weighted by molar-refractivity contribution is 7.89. The Kier molecular flexibility index (Phi) is 4.78. The van der Waals surface area contributed by atoms with E-state index in [0.29, 0.717) is 6.54 Å². The summed E-state index contributed by atoms with van der Waals surface area (Å²) in [6.45, 7) is 2.25. The average Bonchev–Trinajstić information content (AvgIpc) is 2.42. The lowest BCUT2D eigenvalue weighted by molar-refractivity contribution is 0.247. The van der Waals surface area contributed by atoms with Crippen LogP contribution in [0.2, 0.25) is 0 Å². The van der Waals surface area contributed by atoms with Gasteiger partial charge in [-0.25, -0.2) is 12.8 Å². The normalized spacial score (nSPS) is 24.0. The molecule has 0 saturated heterocycles. The topological polar surface area (TPSA) is 63.4 Å². The molecule has 0 aromatic heterocycles. The molecule has 0 spiro atoms. The van der Waals surface area contributed by atoms with Gasteiger partial charge in [0.15, 0.2) is 0 Å². The van der Waals surface area contributed by atoms with Gasteiger partial charge in [0.05, 0.1) is 4.90 Å². The molecule has 4 nitrogen and oxygen atoms in total. The van der Waals surface area contributed by atoms with Crippen LogP contribution in [-0.4, -0.2) is 31.4 Å². The van der Waals surface area contributed by atoms with Crippen LogP contribution >= 0.6 is 0 Å². The molecule has 1 fully saturated rings. The fourth-order valence-electron chi connectivity index (χ4n) is 2.76. The number of rotatable bonds is 4. The van der Waals surface area contributed by atoms with Gasteiger partial charge in [0, 0.05) is 18.6 Å². The molecule has 1 aliphatic carbocycles. The molecule has 20 heavy (non-hydrogen) atoms. The van der Waals surface area contributed by atoms with Crippen molar-refractivity contribution in [1.82, 2.24) is 4.31 Å². The summed E-state index contributed by atoms with van der Waals surface area (Å²) in [6.07, 6.45) is 3.27. The van der Waals surface area contributed by atoms with Crippen molar-refractivity contribution < 1.29 is 12.8 Å². The van der Waals surface area contributed by atoms with E-state index in [1.807, 2.05) is 6.92 Å². The predicted octanol–water partition coefficient (Wildman–Crippen LogP) is 2.11. The van der Waals surface area contributed by atoms with Gasteiger partial charge in [-0.05, 0) is 49.9 Å². The SMILES string of the molecule is CCN(C1CCC(N)CC1)S(=O)(=O)c1ccc(F)cc1. The summed E-state index contributed by atoms with van der Waals surface area (Å²) in [5, 5.41) is 0. The lowest BCUT2D eigenvalue weighted by atomic mass is 9.92. The molecule has 0 amide bonds. The lowest BCUT2D eigenvalue weighted by Crippen LogP contribution is -2.44. The van der Waals surface area contributed by atoms with Crippen molar-refractivity contribution in [3.8, 4) is 0 Å². The predicted molar refractivity (Wildman–Crippen MR) is 76.2 cm³/mol. The molecule has 1 aromatic carbocycles. The number of benzene rings is 1. The van der Waals surface area contributed by atoms with E-state index in [0.717, 1.165) is 25.7 Å². The molecule has 0 atom stereocenters. The highest BCUT2D eigenvalue weighted by Crippen LogP contribution is 2.27. The zero-order valence-electron chi connectivity index (χ0n) is 11.6. The van der Waals surface area contributed by atoms with Crippen molar-refractivity contribution >= 4 is 10.0 Å². The molecule has 2 N–H and O–H groups in total. The van der Waals surface area contributed by atoms with Crippen LogP contribution in [0.3, 0.4) is 0 Å². The number of hydrogen-bond donors (Lipinski definition) is 1. The van der Waals surface area contributed by atoms with Gasteiger partial charge in [0.25, 0.3) is 0 Å². The third kappa shape index (κ3) is 3.19. The maximum atomic E-state index is 12.9. The van der Waals surface area contributed by atoms with Crippen LogP contribution in [-0.2, 0) is 10.0 Å². The van der Waals surface area contributed by atoms with Gasteiger partial charge in [-0.1, -0.05) is 6.92 Å². The average molecular weight is 300 g/mol. The van der Waals surface area contributed by atoms with E-state index in [4.69, 9.17) is 5.73 Å². The third-order valence-corrected chi connectivity index (χ3v) is 5.92. The Morgan fingerprint density at radius 1 is 1.20 bits per heavy atom. The summed E-state index contributed by atoms with van der Waals surface area (Å²) in [4.78, 5) is 0.149. The van der Waals surface area contributed by atoms with E-state index in [1.165, 1.54) is 28.6 Å². The Morgan fingerprint density at radius 3 is 2.25 bits per heavy atom. The molecule has 1 saturated carbocycles. The monoisotopic (exact) mass is 300 g/mol. The van der Waals surface area contributed by atoms with Crippen molar-refractivity contribution in [3.63, 3.8) is 0 Å². The zero-order chi connectivity index (χ0) is 14.8. The van der Waals surface area contributed by atoms with Crippen molar-refractivity contribution in [2.75, 3.05) is 6.54 Å². The Hall–Kier alpha value is -0.980. The Labute approximate surface area is 119 Å². The quantitative estimate of drug-likeness (QED) is 0.926. The Balaban J connectivity index is 2.23. The van der Waals surface area contributed by atoms with E-state index in [9.17, 15) is 12.8 Å². The van der Waals surface area contributed by atoms with Crippen molar-refractivity contribution in [3.05, 3.63) is 30.1 Å². The van der Waals surface area contributed by atoms with Crippen molar-refractivity contribution in [1.29, 1.82) is 0 Å². The fraction of sp³-hybridized carbons (Fsp3) is 0.571. The standard InChI is InChI=1S/C14H21FN2O2S/c1-2-17(13-7-5-12(16)6-8-13)20(18,19)14-9-3-11(15)4-10-14/h3-4,9-10,12-13H,2,5-8,16H2,1H3. The van der Waals surface area contributed by atoms with Crippen molar-refractivity contribution in [2.24, 2.45) is 5.73 Å². The molecule has 112 valence electrons. The van der Waals surface area contributed by atoms with Gasteiger partial charge in [-0.3, -0.25) is 0 Å². The number of halogens is 1. The summed E-state index contributed by atoms with van der Waals surface area (Å²) in [7, 11) is -3.56. The van der Waals surface area contributed by atoms with E-state index in [-0.39, 0.29) is 17.0 Å². The maximum Gasteiger partial charge on any atom is 0.243 e. The van der Waals surface area contributed by atoms with Gasteiger partial charge >= 0.3 is 0 Å². The van der Waals surface area contributed by atoms with E-state index >= 15 is 0 Å². The molecule has 0 aliphatic heterocycles. The Bertz CT molecular complexity index is 537. The van der Waals surface area contributed by atoms with Crippen molar-refractivity contribution in [2.45, 2.75) is 49.6 Å². The molecule has 0 radical (unpaired) electrons. The van der Waals surface area contributed by atoms with Gasteiger partial charge in [-0.15, -0.1) is 0 Å². The summed E-state index contributed by atoms with van der Waals surface area (Å²) >= 11 is 0. The maximum absolute atomic E-state index is 12.9. The van der Waals surface area contributed by atoms with Crippen LogP contribution in [0.25, 0.3) is 0 Å². The number of nitrogens with zero attached hydrogens (tertiary/aromatic N) is 1. The summed E-state index contributed by atoms with van der Waals surface area (Å²) < 4.78 is 39.7. The first kappa shape index (κ1) is 15.4. The molecule has 1 aromatic rings. The molecule has 2 rings (SSSR count). The van der Waals surface area contributed by atoms with Gasteiger partial charge in [-0.2, -0.15) is 4.31 Å². The second-order valence-electron chi connectivity index (χ2n) is 5.23. The lowest BCUT2D eigenvalue weighted by Gasteiger charge is -2.34. The highest BCUT2D eigenvalue weighted by atomic mass is 32.2. The molecule has 1 aliphatic rings. The minimum absolute atomic E-state index is 0.00477. The summed E-state index contributed by atoms with van der Waals surface area (Å²) in [5.41, 5.74) is 5.87. The fourth-order valence-corrected chi connectivity index (χ4v) is 4.45. The second-order valence-corrected chi connectivity index (χ2v) is 7.12. The molecule has 0 bridgehead atoms. The zero-order valence-corrected chi connectivity index (χ0v) is 12.4. The van der Waals surface area contributed by atoms with Gasteiger partial charge in [0.2, 0.25) is 10.0 Å². The van der Waals surface area contributed by atoms with Crippen LogP contribution in [0.5, 0.6) is 0 Å². The van der Waals surface area contributed by atoms with E-state index in [1.54, 1.807) is 0 Å². The molecule has 6 heteroatoms. The van der Waals surface area contributed by atoms with Crippen LogP contribution in [0.4, 0.5) is 4.39 Å². The van der Waals surface area contributed by atoms with Crippen LogP contribution in [0, 0.1) is 5.82 Å². The number of hydrogen-bond acceptors (Lipinski definition) is 3. The van der Waals surface area contributed by atoms with Crippen LogP contribution in [0.1, 0.15) is 32.6 Å². The number of nitrogens with two attached hydrogens (primary N) is 1. The van der Waals surface area contributed by atoms with Gasteiger partial charge < -0.3 is 5.73 Å². The first-order chi connectivity index (χ1) is 9.45. The van der Waals surface area contributed by atoms with Gasteiger partial charge in [0.1, 0.15) is 5.82 Å². The van der Waals surface area contributed by atoms with Crippen LogP contribution < -0.4 is 5.73 Å². The first-order valence-electron chi connectivity index (χ1n) is 6.98. The van der Waals surface area contributed by atoms with E-state index < -0.39 is 15.8 Å². The Morgan fingerprint density at radius 2 is 1.75 bits per heavy atom. The second kappa shape index (κ2) is 6.20. The molecule has 0 heterocycles. The number of sulfonamides is 1. The summed E-state index contributed by atoms with van der Waals surface area (Å²) in [6, 6.07) is 5.17.